The lowest BCUT2D eigenvalue weighted by atomic mass is 10.1. The Kier molecular flexibility index (Phi) is 11.6. The van der Waals surface area contributed by atoms with E-state index in [1.165, 1.54) is 0 Å². The molecule has 1 heterocycles. The van der Waals surface area contributed by atoms with Crippen molar-refractivity contribution in [2.45, 2.75) is 52.7 Å². The number of carbonyl (C=O) groups excluding carboxylic acids is 1. The van der Waals surface area contributed by atoms with E-state index < -0.39 is 0 Å². The van der Waals surface area contributed by atoms with Crippen molar-refractivity contribution < 1.29 is 9.53 Å². The third-order valence-electron chi connectivity index (χ3n) is 4.68. The fraction of sp³-hybridized carbons (Fsp3) is 0.636. The highest BCUT2D eigenvalue weighted by Gasteiger charge is 2.17. The highest BCUT2D eigenvalue weighted by Crippen LogP contribution is 2.09. The van der Waals surface area contributed by atoms with Crippen molar-refractivity contribution in [1.82, 2.24) is 20.9 Å². The minimum Gasteiger partial charge on any atom is -0.379 e. The zero-order chi connectivity index (χ0) is 21.3. The molecular formula is C22H38IN5O2. The summed E-state index contributed by atoms with van der Waals surface area (Å²) in [5.41, 5.74) is 1.40. The molecule has 1 unspecified atom stereocenters. The molecule has 0 aliphatic carbocycles. The van der Waals surface area contributed by atoms with E-state index in [9.17, 15) is 4.79 Å². The number of guanidine groups is 1. The lowest BCUT2D eigenvalue weighted by Gasteiger charge is -2.32. The quantitative estimate of drug-likeness (QED) is 0.287. The number of benzene rings is 1. The molecule has 3 N–H and O–H groups in total. The van der Waals surface area contributed by atoms with Crippen LogP contribution in [0.25, 0.3) is 0 Å². The number of carbonyl (C=O) groups is 1. The maximum absolute atomic E-state index is 12.4. The summed E-state index contributed by atoms with van der Waals surface area (Å²) in [5, 5.41) is 9.73. The molecule has 1 saturated heterocycles. The Bertz CT molecular complexity index is 684. The summed E-state index contributed by atoms with van der Waals surface area (Å²) in [6.45, 7) is 15.9. The number of nitrogens with zero attached hydrogens (tertiary/aromatic N) is 2. The van der Waals surface area contributed by atoms with E-state index in [4.69, 9.17) is 9.73 Å². The minimum absolute atomic E-state index is 0. The summed E-state index contributed by atoms with van der Waals surface area (Å²) in [6.07, 6.45) is 0. The molecule has 1 atom stereocenters. The molecule has 2 rings (SSSR count). The second-order valence-corrected chi connectivity index (χ2v) is 8.48. The predicted octanol–water partition coefficient (Wildman–Crippen LogP) is 2.61. The third kappa shape index (κ3) is 9.61. The van der Waals surface area contributed by atoms with E-state index in [0.717, 1.165) is 50.9 Å². The summed E-state index contributed by atoms with van der Waals surface area (Å²) in [5.74, 6) is 0.727. The van der Waals surface area contributed by atoms with Gasteiger partial charge >= 0.3 is 0 Å². The van der Waals surface area contributed by atoms with Gasteiger partial charge in [-0.2, -0.15) is 0 Å². The normalized spacial score (nSPS) is 16.4. The van der Waals surface area contributed by atoms with Crippen molar-refractivity contribution in [3.63, 3.8) is 0 Å². The zero-order valence-corrected chi connectivity index (χ0v) is 21.3. The van der Waals surface area contributed by atoms with Crippen LogP contribution in [0.2, 0.25) is 0 Å². The van der Waals surface area contributed by atoms with Crippen molar-refractivity contribution in [2.24, 2.45) is 4.99 Å². The first-order valence-corrected chi connectivity index (χ1v) is 10.5. The monoisotopic (exact) mass is 531 g/mol. The molecule has 0 radical (unpaired) electrons. The second-order valence-electron chi connectivity index (χ2n) is 8.48. The number of rotatable bonds is 7. The molecular weight excluding hydrogens is 493 g/mol. The summed E-state index contributed by atoms with van der Waals surface area (Å²) in [6, 6.07) is 8.06. The molecule has 1 aromatic rings. The van der Waals surface area contributed by atoms with E-state index in [0.29, 0.717) is 18.2 Å². The molecule has 0 aromatic heterocycles. The van der Waals surface area contributed by atoms with E-state index in [2.05, 4.69) is 34.7 Å². The van der Waals surface area contributed by atoms with Gasteiger partial charge in [-0.05, 0) is 52.3 Å². The van der Waals surface area contributed by atoms with Crippen LogP contribution in [-0.2, 0) is 11.3 Å². The number of hydrogen-bond acceptors (Lipinski definition) is 4. The van der Waals surface area contributed by atoms with Gasteiger partial charge in [0.25, 0.3) is 5.91 Å². The Balaban J connectivity index is 0.00000450. The molecule has 170 valence electrons. The number of ether oxygens (including phenoxy) is 1. The lowest BCUT2D eigenvalue weighted by molar-refractivity contribution is 0.0211. The average molecular weight is 531 g/mol. The first kappa shape index (κ1) is 26.6. The zero-order valence-electron chi connectivity index (χ0n) is 19.0. The maximum Gasteiger partial charge on any atom is 0.251 e. The van der Waals surface area contributed by atoms with E-state index in [1.54, 1.807) is 0 Å². The fourth-order valence-electron chi connectivity index (χ4n) is 3.13. The molecule has 1 aromatic carbocycles. The summed E-state index contributed by atoms with van der Waals surface area (Å²) >= 11 is 0. The Morgan fingerprint density at radius 1 is 1.23 bits per heavy atom. The van der Waals surface area contributed by atoms with E-state index in [-0.39, 0.29) is 35.4 Å². The van der Waals surface area contributed by atoms with Crippen LogP contribution in [0.15, 0.2) is 29.3 Å². The average Bonchev–Trinajstić information content (AvgIpc) is 2.69. The third-order valence-corrected chi connectivity index (χ3v) is 4.68. The van der Waals surface area contributed by atoms with Gasteiger partial charge in [-0.15, -0.1) is 24.0 Å². The van der Waals surface area contributed by atoms with Gasteiger partial charge in [0.1, 0.15) is 0 Å². The van der Waals surface area contributed by atoms with Crippen LogP contribution in [0.4, 0.5) is 0 Å². The van der Waals surface area contributed by atoms with Crippen LogP contribution >= 0.6 is 24.0 Å². The molecule has 0 bridgehead atoms. The molecule has 30 heavy (non-hydrogen) atoms. The highest BCUT2D eigenvalue weighted by molar-refractivity contribution is 14.0. The molecule has 8 heteroatoms. The fourth-order valence-corrected chi connectivity index (χ4v) is 3.13. The lowest BCUT2D eigenvalue weighted by Crippen LogP contribution is -2.49. The molecule has 7 nitrogen and oxygen atoms in total. The topological polar surface area (TPSA) is 78.0 Å². The van der Waals surface area contributed by atoms with Crippen molar-refractivity contribution in [3.05, 3.63) is 35.4 Å². The Morgan fingerprint density at radius 2 is 1.93 bits per heavy atom. The van der Waals surface area contributed by atoms with Crippen molar-refractivity contribution in [2.75, 3.05) is 39.4 Å². The number of amides is 1. The van der Waals surface area contributed by atoms with Crippen LogP contribution in [0.3, 0.4) is 0 Å². The number of morpholine rings is 1. The van der Waals surface area contributed by atoms with Gasteiger partial charge in [-0.3, -0.25) is 9.69 Å². The van der Waals surface area contributed by atoms with E-state index in [1.807, 2.05) is 45.0 Å². The van der Waals surface area contributed by atoms with Crippen LogP contribution < -0.4 is 16.0 Å². The molecule has 1 amide bonds. The van der Waals surface area contributed by atoms with Crippen LogP contribution in [0.5, 0.6) is 0 Å². The largest absolute Gasteiger partial charge is 0.379 e. The smallest absolute Gasteiger partial charge is 0.251 e. The van der Waals surface area contributed by atoms with Gasteiger partial charge < -0.3 is 20.7 Å². The minimum atomic E-state index is -0.259. The SMILES string of the molecule is CCNC(=NCc1cccc(C(=O)NC(C)(C)C)c1)NCC(C)N1CCOCC1.I. The number of hydrogen-bond donors (Lipinski definition) is 3. The number of aliphatic imine (C=N–C) groups is 1. The van der Waals surface area contributed by atoms with Crippen molar-refractivity contribution in [1.29, 1.82) is 0 Å². The van der Waals surface area contributed by atoms with Gasteiger partial charge in [0.15, 0.2) is 5.96 Å². The number of nitrogens with one attached hydrogen (secondary N) is 3. The first-order chi connectivity index (χ1) is 13.8. The summed E-state index contributed by atoms with van der Waals surface area (Å²) in [7, 11) is 0. The van der Waals surface area contributed by atoms with Gasteiger partial charge in [-0.1, -0.05) is 12.1 Å². The van der Waals surface area contributed by atoms with E-state index >= 15 is 0 Å². The van der Waals surface area contributed by atoms with Gasteiger partial charge in [0.2, 0.25) is 0 Å². The predicted molar refractivity (Wildman–Crippen MR) is 134 cm³/mol. The number of halogens is 1. The van der Waals surface area contributed by atoms with Gasteiger partial charge in [0, 0.05) is 43.3 Å². The summed E-state index contributed by atoms with van der Waals surface area (Å²) in [4.78, 5) is 19.5. The first-order valence-electron chi connectivity index (χ1n) is 10.5. The summed E-state index contributed by atoms with van der Waals surface area (Å²) < 4.78 is 5.43. The maximum atomic E-state index is 12.4. The molecule has 1 aliphatic heterocycles. The highest BCUT2D eigenvalue weighted by atomic mass is 127. The Hall–Kier alpha value is -1.39. The van der Waals surface area contributed by atoms with Crippen molar-refractivity contribution >= 4 is 35.8 Å². The van der Waals surface area contributed by atoms with Crippen LogP contribution in [0, 0.1) is 0 Å². The molecule has 0 saturated carbocycles. The van der Waals surface area contributed by atoms with Crippen LogP contribution in [0.1, 0.15) is 50.5 Å². The van der Waals surface area contributed by atoms with Crippen LogP contribution in [-0.4, -0.2) is 67.7 Å². The molecule has 1 aliphatic rings. The molecule has 0 spiro atoms. The van der Waals surface area contributed by atoms with Crippen molar-refractivity contribution in [3.8, 4) is 0 Å². The van der Waals surface area contributed by atoms with Gasteiger partial charge in [-0.25, -0.2) is 4.99 Å². The molecule has 1 fully saturated rings. The Labute approximate surface area is 198 Å². The Morgan fingerprint density at radius 3 is 2.57 bits per heavy atom. The van der Waals surface area contributed by atoms with Gasteiger partial charge in [0.05, 0.1) is 19.8 Å². The standard InChI is InChI=1S/C22H37N5O2.HI/c1-6-23-21(24-15-17(2)27-10-12-29-13-11-27)25-16-18-8-7-9-19(14-18)20(28)26-22(3,4)5;/h7-9,14,17H,6,10-13,15-16H2,1-5H3,(H,26,28)(H2,23,24,25);1H. The second kappa shape index (κ2) is 13.1.